The van der Waals surface area contributed by atoms with Crippen LogP contribution in [-0.4, -0.2) is 67.9 Å². The molecule has 3 N–H and O–H groups in total. The summed E-state index contributed by atoms with van der Waals surface area (Å²) in [5.41, 5.74) is 2.91. The lowest BCUT2D eigenvalue weighted by atomic mass is 10.00. The normalized spacial score (nSPS) is 20.2. The molecule has 3 rings (SSSR count). The Morgan fingerprint density at radius 3 is 2.73 bits per heavy atom. The van der Waals surface area contributed by atoms with Crippen LogP contribution < -0.4 is 15.4 Å². The number of amides is 1. The topological polar surface area (TPSA) is 108 Å². The number of ether oxygens (including phenoxy) is 1. The number of sulfonamides is 1. The van der Waals surface area contributed by atoms with Crippen LogP contribution in [0, 0.1) is 5.82 Å². The number of nitrogens with one attached hydrogen (secondary N) is 2. The van der Waals surface area contributed by atoms with E-state index in [4.69, 9.17) is 4.74 Å². The van der Waals surface area contributed by atoms with Crippen molar-refractivity contribution in [2.75, 3.05) is 32.0 Å². The van der Waals surface area contributed by atoms with Crippen LogP contribution in [0.5, 0.6) is 5.75 Å². The van der Waals surface area contributed by atoms with Gasteiger partial charge in [-0.25, -0.2) is 17.1 Å². The van der Waals surface area contributed by atoms with E-state index in [9.17, 15) is 22.7 Å². The van der Waals surface area contributed by atoms with Gasteiger partial charge in [0, 0.05) is 38.7 Å². The summed E-state index contributed by atoms with van der Waals surface area (Å²) in [5, 5.41) is 17.2. The Morgan fingerprint density at radius 2 is 1.95 bits per heavy atom. The molecule has 0 fully saturated rings. The maximum Gasteiger partial charge on any atom is 0.220 e. The predicted octanol–water partition coefficient (Wildman–Crippen LogP) is 3.56. The van der Waals surface area contributed by atoms with Crippen molar-refractivity contribution in [2.24, 2.45) is 0 Å². The van der Waals surface area contributed by atoms with Crippen LogP contribution in [0.4, 0.5) is 4.39 Å². The molecule has 0 aromatic heterocycles. The van der Waals surface area contributed by atoms with Gasteiger partial charge in [-0.2, -0.15) is 0 Å². The van der Waals surface area contributed by atoms with Crippen LogP contribution in [0.2, 0.25) is 0 Å². The molecule has 0 aliphatic carbocycles. The first-order valence-electron chi connectivity index (χ1n) is 14.4. The molecular formula is C30H44FN3O5S. The molecule has 0 saturated heterocycles. The highest BCUT2D eigenvalue weighted by atomic mass is 32.2. The van der Waals surface area contributed by atoms with Crippen LogP contribution in [0.3, 0.4) is 0 Å². The van der Waals surface area contributed by atoms with Crippen LogP contribution in [0.25, 0.3) is 0 Å². The molecule has 0 radical (unpaired) electrons. The molecule has 1 amide bonds. The fourth-order valence-corrected chi connectivity index (χ4v) is 6.50. The molecule has 0 unspecified atom stereocenters. The molecule has 0 saturated carbocycles. The number of aliphatic hydroxyl groups is 1. The number of carbonyl (C=O) groups excluding carboxylic acids is 1. The summed E-state index contributed by atoms with van der Waals surface area (Å²) in [6, 6.07) is 11.9. The minimum atomic E-state index is -3.50. The van der Waals surface area contributed by atoms with E-state index in [1.165, 1.54) is 22.0 Å². The number of rotatable bonds is 8. The summed E-state index contributed by atoms with van der Waals surface area (Å²) in [7, 11) is -3.50. The first-order valence-corrected chi connectivity index (χ1v) is 16.0. The Balaban J connectivity index is 1.74. The lowest BCUT2D eigenvalue weighted by molar-refractivity contribution is -0.122. The Bertz CT molecular complexity index is 1190. The number of aliphatic hydroxyl groups excluding tert-OH is 1. The monoisotopic (exact) mass is 577 g/mol. The van der Waals surface area contributed by atoms with Gasteiger partial charge in [0.15, 0.2) is 0 Å². The largest absolute Gasteiger partial charge is 0.493 e. The predicted molar refractivity (Wildman–Crippen MR) is 155 cm³/mol. The Kier molecular flexibility index (Phi) is 12.8. The van der Waals surface area contributed by atoms with Crippen molar-refractivity contribution < 1.29 is 27.4 Å². The molecule has 2 bridgehead atoms. The first-order chi connectivity index (χ1) is 19.2. The molecular weight excluding hydrogens is 533 g/mol. The molecule has 2 aromatic rings. The number of hydrogen-bond donors (Lipinski definition) is 3. The highest BCUT2D eigenvalue weighted by Gasteiger charge is 2.24. The number of carbonyl (C=O) groups is 1. The fraction of sp³-hybridized carbons (Fsp3) is 0.567. The molecule has 0 spiro atoms. The molecule has 222 valence electrons. The molecule has 1 aliphatic heterocycles. The highest BCUT2D eigenvalue weighted by molar-refractivity contribution is 7.89. The lowest BCUT2D eigenvalue weighted by Gasteiger charge is -2.25. The van der Waals surface area contributed by atoms with E-state index in [-0.39, 0.29) is 37.5 Å². The van der Waals surface area contributed by atoms with Crippen molar-refractivity contribution in [2.45, 2.75) is 77.5 Å². The van der Waals surface area contributed by atoms with Gasteiger partial charge in [-0.3, -0.25) is 4.79 Å². The summed E-state index contributed by atoms with van der Waals surface area (Å²) in [4.78, 5) is 12.9. The van der Waals surface area contributed by atoms with Crippen molar-refractivity contribution in [3.05, 3.63) is 65.0 Å². The third-order valence-electron chi connectivity index (χ3n) is 7.02. The summed E-state index contributed by atoms with van der Waals surface area (Å²) in [6.45, 7) is 5.91. The number of aryl methyl sites for hydroxylation is 1. The zero-order chi connectivity index (χ0) is 29.0. The van der Waals surface area contributed by atoms with E-state index in [1.807, 2.05) is 19.1 Å². The van der Waals surface area contributed by atoms with Gasteiger partial charge < -0.3 is 20.5 Å². The molecule has 10 heteroatoms. The summed E-state index contributed by atoms with van der Waals surface area (Å²) < 4.78 is 47.6. The van der Waals surface area contributed by atoms with E-state index in [0.29, 0.717) is 56.8 Å². The molecule has 2 aromatic carbocycles. The smallest absolute Gasteiger partial charge is 0.220 e. The minimum Gasteiger partial charge on any atom is -0.493 e. The summed E-state index contributed by atoms with van der Waals surface area (Å²) >= 11 is 0. The minimum absolute atomic E-state index is 0.0111. The van der Waals surface area contributed by atoms with E-state index < -0.39 is 28.0 Å². The van der Waals surface area contributed by atoms with Crippen molar-refractivity contribution in [3.8, 4) is 5.75 Å². The van der Waals surface area contributed by atoms with E-state index in [2.05, 4.69) is 29.7 Å². The SMILES string of the molecule is CCCN1CCCCOc2cc(F)cc(c2)C[C@@H]([C@H](O)CNCc2cccc(CC)c2)NC(=O)CCCS1(=O)=O. The molecule has 8 nitrogen and oxygen atoms in total. The van der Waals surface area contributed by atoms with Gasteiger partial charge in [0.2, 0.25) is 15.9 Å². The molecule has 1 aliphatic rings. The van der Waals surface area contributed by atoms with Gasteiger partial charge in [-0.05, 0) is 67.3 Å². The second-order valence-electron chi connectivity index (χ2n) is 10.4. The third kappa shape index (κ3) is 10.5. The summed E-state index contributed by atoms with van der Waals surface area (Å²) in [5.74, 6) is -0.562. The number of fused-ring (bicyclic) bond motifs is 2. The quantitative estimate of drug-likeness (QED) is 0.443. The number of halogens is 1. The van der Waals surface area contributed by atoms with E-state index in [0.717, 1.165) is 12.0 Å². The third-order valence-corrected chi connectivity index (χ3v) is 8.98. The maximum absolute atomic E-state index is 14.5. The van der Waals surface area contributed by atoms with E-state index in [1.54, 1.807) is 6.07 Å². The maximum atomic E-state index is 14.5. The lowest BCUT2D eigenvalue weighted by Crippen LogP contribution is -2.48. The van der Waals surface area contributed by atoms with Crippen molar-refractivity contribution in [1.29, 1.82) is 0 Å². The van der Waals surface area contributed by atoms with Gasteiger partial charge in [-0.1, -0.05) is 38.1 Å². The fourth-order valence-electron chi connectivity index (χ4n) is 4.87. The standard InChI is InChI=1S/C30H44FN3O5S/c1-3-12-34-13-5-6-14-39-27-18-25(17-26(31)20-27)19-28(33-30(36)11-8-15-40(34,37)38)29(35)22-32-21-24-10-7-9-23(4-2)16-24/h7,9-10,16-18,20,28-29,32,35H,3-6,8,11-15,19,21-22H2,1-2H3,(H,33,36)/t28-,29+/m0/s1. The van der Waals surface area contributed by atoms with Gasteiger partial charge in [-0.15, -0.1) is 0 Å². The van der Waals surface area contributed by atoms with E-state index >= 15 is 0 Å². The van der Waals surface area contributed by atoms with Crippen LogP contribution in [-0.2, 0) is 34.2 Å². The van der Waals surface area contributed by atoms with Gasteiger partial charge in [0.25, 0.3) is 0 Å². The molecule has 1 heterocycles. The van der Waals surface area contributed by atoms with Crippen LogP contribution >= 0.6 is 0 Å². The van der Waals surface area contributed by atoms with Gasteiger partial charge in [0.1, 0.15) is 11.6 Å². The van der Waals surface area contributed by atoms with Crippen molar-refractivity contribution >= 4 is 15.9 Å². The summed E-state index contributed by atoms with van der Waals surface area (Å²) in [6.07, 6.45) is 2.28. The Hall–Kier alpha value is -2.53. The first kappa shape index (κ1) is 32.0. The van der Waals surface area contributed by atoms with Crippen molar-refractivity contribution in [1.82, 2.24) is 14.9 Å². The molecule has 40 heavy (non-hydrogen) atoms. The van der Waals surface area contributed by atoms with Gasteiger partial charge >= 0.3 is 0 Å². The Morgan fingerprint density at radius 1 is 1.15 bits per heavy atom. The van der Waals surface area contributed by atoms with Crippen LogP contribution in [0.1, 0.15) is 62.6 Å². The highest BCUT2D eigenvalue weighted by Crippen LogP contribution is 2.20. The zero-order valence-corrected chi connectivity index (χ0v) is 24.5. The number of benzene rings is 2. The second-order valence-corrected chi connectivity index (χ2v) is 12.5. The van der Waals surface area contributed by atoms with Crippen LogP contribution in [0.15, 0.2) is 42.5 Å². The average Bonchev–Trinajstić information content (AvgIpc) is 2.91. The second kappa shape index (κ2) is 16.0. The van der Waals surface area contributed by atoms with Crippen molar-refractivity contribution in [3.63, 3.8) is 0 Å². The average molecular weight is 578 g/mol. The molecule has 2 atom stereocenters. The van der Waals surface area contributed by atoms with Gasteiger partial charge in [0.05, 0.1) is 24.5 Å². The number of hydrogen-bond acceptors (Lipinski definition) is 6. The zero-order valence-electron chi connectivity index (χ0n) is 23.7. The number of nitrogens with zero attached hydrogens (tertiary/aromatic N) is 1. The Labute approximate surface area is 238 Å².